The van der Waals surface area contributed by atoms with Crippen LogP contribution >= 0.6 is 0 Å². The van der Waals surface area contributed by atoms with Crippen molar-refractivity contribution in [3.8, 4) is 0 Å². The maximum Gasteiger partial charge on any atom is 0.159 e. The van der Waals surface area contributed by atoms with Crippen molar-refractivity contribution >= 4 is 39.0 Å². The molecule has 7 heteroatoms. The number of hydrogen-bond donors (Lipinski definition) is 0. The predicted molar refractivity (Wildman–Crippen MR) is 192 cm³/mol. The highest BCUT2D eigenvalue weighted by Gasteiger charge is 2.47. The van der Waals surface area contributed by atoms with Crippen LogP contribution in [-0.4, -0.2) is 53.3 Å². The molecule has 1 fully saturated rings. The van der Waals surface area contributed by atoms with Gasteiger partial charge in [0.25, 0.3) is 0 Å². The van der Waals surface area contributed by atoms with Gasteiger partial charge in [-0.25, -0.2) is 0 Å². The number of rotatable bonds is 0. The number of anilines is 3. The first-order valence-corrected chi connectivity index (χ1v) is 17.2. The first-order chi connectivity index (χ1) is 23.7. The van der Waals surface area contributed by atoms with Crippen molar-refractivity contribution in [1.82, 2.24) is 14.7 Å². The molecule has 11 rings (SSSR count). The Balaban J connectivity index is 1.24. The minimum atomic E-state index is 0.00467. The summed E-state index contributed by atoms with van der Waals surface area (Å²) in [4.78, 5) is 15.1. The van der Waals surface area contributed by atoms with Crippen molar-refractivity contribution in [2.75, 3.05) is 34.8 Å². The lowest BCUT2D eigenvalue weighted by Crippen LogP contribution is -2.53. The van der Waals surface area contributed by atoms with Crippen LogP contribution < -0.4 is 14.7 Å². The Morgan fingerprint density at radius 3 is 2.19 bits per heavy atom. The molecule has 0 spiro atoms. The molecule has 4 aromatic carbocycles. The summed E-state index contributed by atoms with van der Waals surface area (Å²) in [6, 6.07) is 31.1. The third kappa shape index (κ3) is 3.53. The molecule has 48 heavy (non-hydrogen) atoms. The molecular formula is C41H36N6O. The van der Waals surface area contributed by atoms with E-state index in [2.05, 4.69) is 165 Å². The van der Waals surface area contributed by atoms with E-state index in [0.29, 0.717) is 0 Å². The number of nitrogens with zero attached hydrogens (tertiary/aromatic N) is 6. The van der Waals surface area contributed by atoms with Crippen molar-refractivity contribution in [2.24, 2.45) is 0 Å². The van der Waals surface area contributed by atoms with Gasteiger partial charge in [0.1, 0.15) is 24.1 Å². The van der Waals surface area contributed by atoms with Gasteiger partial charge in [-0.2, -0.15) is 0 Å². The highest BCUT2D eigenvalue weighted by Crippen LogP contribution is 2.50. The normalized spacial score (nSPS) is 24.9. The lowest BCUT2D eigenvalue weighted by atomic mass is 9.89. The zero-order valence-corrected chi connectivity index (χ0v) is 26.9. The molecule has 0 saturated carbocycles. The minimum absolute atomic E-state index is 0.00467. The van der Waals surface area contributed by atoms with Crippen LogP contribution in [0.15, 0.2) is 138 Å². The number of hydrogen-bond acceptors (Lipinski definition) is 7. The van der Waals surface area contributed by atoms with Gasteiger partial charge in [-0.1, -0.05) is 72.8 Å². The van der Waals surface area contributed by atoms with Crippen molar-refractivity contribution < 1.29 is 4.42 Å². The lowest BCUT2D eigenvalue weighted by molar-refractivity contribution is 0.226. The fraction of sp³-hybridized carbons (Fsp3) is 0.220. The average Bonchev–Trinajstić information content (AvgIpc) is 3.88. The summed E-state index contributed by atoms with van der Waals surface area (Å²) in [6.07, 6.45) is 18.5. The van der Waals surface area contributed by atoms with Gasteiger partial charge in [-0.3, -0.25) is 0 Å². The van der Waals surface area contributed by atoms with Crippen molar-refractivity contribution in [3.05, 3.63) is 150 Å². The van der Waals surface area contributed by atoms with E-state index < -0.39 is 0 Å². The molecule has 7 heterocycles. The van der Waals surface area contributed by atoms with Gasteiger partial charge in [0, 0.05) is 97.4 Å². The Morgan fingerprint density at radius 1 is 0.625 bits per heavy atom. The largest absolute Gasteiger partial charge is 0.454 e. The van der Waals surface area contributed by atoms with E-state index in [4.69, 9.17) is 4.42 Å². The molecule has 6 aliphatic heterocycles. The van der Waals surface area contributed by atoms with E-state index >= 15 is 0 Å². The molecule has 4 atom stereocenters. The molecule has 0 amide bonds. The Bertz CT molecular complexity index is 2260. The van der Waals surface area contributed by atoms with Crippen molar-refractivity contribution in [1.29, 1.82) is 0 Å². The molecule has 236 valence electrons. The Labute approximate surface area is 280 Å². The van der Waals surface area contributed by atoms with E-state index in [9.17, 15) is 0 Å². The van der Waals surface area contributed by atoms with Gasteiger partial charge in [0.15, 0.2) is 5.58 Å². The summed E-state index contributed by atoms with van der Waals surface area (Å²) in [5.74, 6) is 0.0722. The molecule has 1 aromatic heterocycles. The smallest absolute Gasteiger partial charge is 0.159 e. The fourth-order valence-corrected chi connectivity index (χ4v) is 9.31. The number of para-hydroxylation sites is 3. The number of fused-ring (bicyclic) bond motifs is 14. The van der Waals surface area contributed by atoms with Gasteiger partial charge in [-0.05, 0) is 41.3 Å². The molecule has 0 aliphatic carbocycles. The van der Waals surface area contributed by atoms with Crippen LogP contribution in [-0.2, 0) is 6.42 Å². The molecule has 6 aliphatic rings. The summed E-state index contributed by atoms with van der Waals surface area (Å²) in [5.41, 5.74) is 10.9. The highest BCUT2D eigenvalue weighted by molar-refractivity contribution is 6.10. The van der Waals surface area contributed by atoms with Crippen molar-refractivity contribution in [3.63, 3.8) is 0 Å². The molecular weight excluding hydrogens is 592 g/mol. The van der Waals surface area contributed by atoms with E-state index in [1.807, 2.05) is 0 Å². The Morgan fingerprint density at radius 2 is 1.33 bits per heavy atom. The number of benzene rings is 4. The first-order valence-electron chi connectivity index (χ1n) is 17.2. The number of furan rings is 1. The topological polar surface area (TPSA) is 32.6 Å². The predicted octanol–water partition coefficient (Wildman–Crippen LogP) is 7.71. The van der Waals surface area contributed by atoms with E-state index in [0.717, 1.165) is 53.6 Å². The first kappa shape index (κ1) is 26.5. The summed E-state index contributed by atoms with van der Waals surface area (Å²) < 4.78 is 6.82. The monoisotopic (exact) mass is 628 g/mol. The standard InChI is InChI=1S/C41H36N6O/c1-42-19-22-47-37-28(15-16-31-30-11-4-7-14-36(30)48-38(31)37)25-27-9-2-5-12-34(27)45-23-20-43-17-8-18-44-21-24-46-35-13-6-3-10-29(35)32(39(42)47)26-33(40(43)45)41(44)46/h2-7,9-16,19-24,26,32,39-41H,8,17-18,25H2,1H3. The summed E-state index contributed by atoms with van der Waals surface area (Å²) in [5, 5.41) is 2.31. The highest BCUT2D eigenvalue weighted by atomic mass is 16.3. The molecule has 4 unspecified atom stereocenters. The summed E-state index contributed by atoms with van der Waals surface area (Å²) in [7, 11) is 2.23. The second kappa shape index (κ2) is 9.73. The zero-order valence-electron chi connectivity index (χ0n) is 26.9. The maximum atomic E-state index is 6.82. The van der Waals surface area contributed by atoms with Crippen LogP contribution in [0.5, 0.6) is 0 Å². The third-order valence-electron chi connectivity index (χ3n) is 11.4. The lowest BCUT2D eigenvalue weighted by Gasteiger charge is -2.44. The Hall–Kier alpha value is -5.56. The second-order valence-corrected chi connectivity index (χ2v) is 13.9. The van der Waals surface area contributed by atoms with Crippen LogP contribution in [0.2, 0.25) is 0 Å². The molecule has 0 N–H and O–H groups in total. The fourth-order valence-electron chi connectivity index (χ4n) is 9.31. The number of likely N-dealkylation sites (N-methyl/N-ethyl adjacent to an activating group) is 1. The van der Waals surface area contributed by atoms with Crippen LogP contribution in [0.1, 0.15) is 29.0 Å². The zero-order chi connectivity index (χ0) is 31.5. The van der Waals surface area contributed by atoms with Gasteiger partial charge in [0.2, 0.25) is 0 Å². The van der Waals surface area contributed by atoms with Gasteiger partial charge >= 0.3 is 0 Å². The summed E-state index contributed by atoms with van der Waals surface area (Å²) >= 11 is 0. The van der Waals surface area contributed by atoms with Crippen LogP contribution in [0.4, 0.5) is 17.1 Å². The molecule has 1 saturated heterocycles. The van der Waals surface area contributed by atoms with E-state index in [-0.39, 0.29) is 24.4 Å². The molecule has 2 bridgehead atoms. The van der Waals surface area contributed by atoms with Gasteiger partial charge < -0.3 is 33.8 Å². The molecule has 7 nitrogen and oxygen atoms in total. The molecule has 0 radical (unpaired) electrons. The van der Waals surface area contributed by atoms with E-state index in [1.165, 1.54) is 33.6 Å². The Kier molecular flexibility index (Phi) is 5.37. The van der Waals surface area contributed by atoms with Crippen LogP contribution in [0.3, 0.4) is 0 Å². The third-order valence-corrected chi connectivity index (χ3v) is 11.4. The second-order valence-electron chi connectivity index (χ2n) is 13.9. The van der Waals surface area contributed by atoms with Gasteiger partial charge in [0.05, 0.1) is 5.69 Å². The average molecular weight is 629 g/mol. The maximum absolute atomic E-state index is 6.82. The molecule has 5 aromatic rings. The SMILES string of the molecule is CN1C=CN2c3c(ccc4c3oc3ccccc34)Cc3ccccc3N3C=CN4CCCN5C=CN6c7ccccc7C(C=C(C43)C56)C12. The summed E-state index contributed by atoms with van der Waals surface area (Å²) in [6.45, 7) is 2.03. The van der Waals surface area contributed by atoms with Crippen LogP contribution in [0.25, 0.3) is 21.9 Å². The van der Waals surface area contributed by atoms with E-state index in [1.54, 1.807) is 0 Å². The van der Waals surface area contributed by atoms with Crippen molar-refractivity contribution in [2.45, 2.75) is 37.3 Å². The van der Waals surface area contributed by atoms with Gasteiger partial charge in [-0.15, -0.1) is 0 Å². The van der Waals surface area contributed by atoms with Crippen LogP contribution in [0, 0.1) is 0 Å². The minimum Gasteiger partial charge on any atom is -0.454 e. The quantitative estimate of drug-likeness (QED) is 0.163.